The standard InChI is InChI=1S/C20H16N4O/c21-19(15-7-3-1-4-8-15)22-20(25)16-11-13-18(14-12-16)24-23-17-9-5-2-6-10-17/h1-14H,(H2,21,22,25). The second-order valence-corrected chi connectivity index (χ2v) is 5.25. The van der Waals surface area contributed by atoms with Gasteiger partial charge in [-0.2, -0.15) is 15.2 Å². The average molecular weight is 328 g/mol. The molecule has 2 N–H and O–H groups in total. The Hall–Kier alpha value is -3.60. The highest BCUT2D eigenvalue weighted by Crippen LogP contribution is 2.18. The van der Waals surface area contributed by atoms with E-state index in [0.717, 1.165) is 5.69 Å². The molecule has 5 heteroatoms. The van der Waals surface area contributed by atoms with Gasteiger partial charge in [0.2, 0.25) is 0 Å². The fraction of sp³-hybridized carbons (Fsp3) is 0. The molecule has 0 unspecified atom stereocenters. The fourth-order valence-corrected chi connectivity index (χ4v) is 2.13. The second-order valence-electron chi connectivity index (χ2n) is 5.25. The molecule has 0 aliphatic heterocycles. The highest BCUT2D eigenvalue weighted by atomic mass is 16.1. The normalized spacial score (nSPS) is 11.6. The summed E-state index contributed by atoms with van der Waals surface area (Å²) in [6.45, 7) is 0. The van der Waals surface area contributed by atoms with E-state index in [2.05, 4.69) is 15.2 Å². The lowest BCUT2D eigenvalue weighted by Gasteiger charge is -2.01. The van der Waals surface area contributed by atoms with E-state index in [1.807, 2.05) is 48.5 Å². The summed E-state index contributed by atoms with van der Waals surface area (Å²) in [7, 11) is 0. The molecule has 0 saturated heterocycles. The molecular weight excluding hydrogens is 312 g/mol. The molecule has 3 aromatic carbocycles. The summed E-state index contributed by atoms with van der Waals surface area (Å²) in [5.41, 5.74) is 8.44. The number of rotatable bonds is 4. The molecule has 25 heavy (non-hydrogen) atoms. The third-order valence-electron chi connectivity index (χ3n) is 3.44. The first-order valence-electron chi connectivity index (χ1n) is 7.73. The summed E-state index contributed by atoms with van der Waals surface area (Å²) in [5.74, 6) is -0.202. The Morgan fingerprint density at radius 3 is 1.76 bits per heavy atom. The van der Waals surface area contributed by atoms with Crippen LogP contribution in [0.2, 0.25) is 0 Å². The number of azo groups is 1. The van der Waals surface area contributed by atoms with E-state index in [4.69, 9.17) is 5.73 Å². The lowest BCUT2D eigenvalue weighted by atomic mass is 10.2. The van der Waals surface area contributed by atoms with Crippen LogP contribution in [-0.4, -0.2) is 11.7 Å². The molecule has 0 heterocycles. The molecule has 0 bridgehead atoms. The van der Waals surface area contributed by atoms with E-state index in [9.17, 15) is 4.79 Å². The number of aliphatic imine (C=N–C) groups is 1. The van der Waals surface area contributed by atoms with Crippen LogP contribution >= 0.6 is 0 Å². The Morgan fingerprint density at radius 1 is 0.640 bits per heavy atom. The molecule has 122 valence electrons. The van der Waals surface area contributed by atoms with Gasteiger partial charge in [0.15, 0.2) is 0 Å². The number of amides is 1. The summed E-state index contributed by atoms with van der Waals surface area (Å²) < 4.78 is 0. The second kappa shape index (κ2) is 7.79. The van der Waals surface area contributed by atoms with Crippen LogP contribution in [-0.2, 0) is 0 Å². The van der Waals surface area contributed by atoms with Gasteiger partial charge < -0.3 is 5.73 Å². The van der Waals surface area contributed by atoms with Crippen molar-refractivity contribution in [1.29, 1.82) is 0 Å². The molecule has 0 saturated carbocycles. The van der Waals surface area contributed by atoms with Crippen molar-refractivity contribution in [2.24, 2.45) is 21.0 Å². The number of nitrogens with zero attached hydrogens (tertiary/aromatic N) is 3. The van der Waals surface area contributed by atoms with E-state index in [1.165, 1.54) is 0 Å². The van der Waals surface area contributed by atoms with Crippen molar-refractivity contribution >= 4 is 23.1 Å². The van der Waals surface area contributed by atoms with E-state index in [1.54, 1.807) is 36.4 Å². The molecule has 0 atom stereocenters. The van der Waals surface area contributed by atoms with Gasteiger partial charge in [0.25, 0.3) is 5.91 Å². The van der Waals surface area contributed by atoms with Crippen LogP contribution in [0.1, 0.15) is 15.9 Å². The third kappa shape index (κ3) is 4.45. The molecule has 0 radical (unpaired) electrons. The number of hydrogen-bond donors (Lipinski definition) is 1. The number of carbonyl (C=O) groups is 1. The maximum Gasteiger partial charge on any atom is 0.278 e. The Kier molecular flexibility index (Phi) is 5.07. The van der Waals surface area contributed by atoms with Crippen molar-refractivity contribution in [3.8, 4) is 0 Å². The predicted molar refractivity (Wildman–Crippen MR) is 98.6 cm³/mol. The maximum absolute atomic E-state index is 12.2. The van der Waals surface area contributed by atoms with E-state index in [-0.39, 0.29) is 5.84 Å². The van der Waals surface area contributed by atoms with Crippen molar-refractivity contribution < 1.29 is 4.79 Å². The van der Waals surface area contributed by atoms with Crippen molar-refractivity contribution in [2.45, 2.75) is 0 Å². The first-order chi connectivity index (χ1) is 12.2. The summed E-state index contributed by atoms with van der Waals surface area (Å²) >= 11 is 0. The Labute approximate surface area is 145 Å². The number of nitrogens with two attached hydrogens (primary N) is 1. The molecule has 0 aliphatic rings. The van der Waals surface area contributed by atoms with Crippen molar-refractivity contribution in [1.82, 2.24) is 0 Å². The van der Waals surface area contributed by atoms with Gasteiger partial charge in [0.1, 0.15) is 5.84 Å². The highest BCUT2D eigenvalue weighted by molar-refractivity contribution is 6.08. The Bertz CT molecular complexity index is 901. The number of benzene rings is 3. The predicted octanol–water partition coefficient (Wildman–Crippen LogP) is 4.65. The lowest BCUT2D eigenvalue weighted by molar-refractivity contribution is 0.100. The Balaban J connectivity index is 1.72. The van der Waals surface area contributed by atoms with Gasteiger partial charge in [-0.1, -0.05) is 48.5 Å². The van der Waals surface area contributed by atoms with Crippen LogP contribution < -0.4 is 5.73 Å². The summed E-state index contributed by atoms with van der Waals surface area (Å²) in [5, 5.41) is 8.27. The van der Waals surface area contributed by atoms with Crippen LogP contribution in [0.5, 0.6) is 0 Å². The molecule has 0 aliphatic carbocycles. The van der Waals surface area contributed by atoms with Gasteiger partial charge in [-0.25, -0.2) is 0 Å². The number of amidine groups is 1. The molecule has 0 spiro atoms. The summed E-state index contributed by atoms with van der Waals surface area (Å²) in [4.78, 5) is 16.1. The molecule has 5 nitrogen and oxygen atoms in total. The number of hydrogen-bond acceptors (Lipinski definition) is 3. The summed E-state index contributed by atoms with van der Waals surface area (Å²) in [6, 6.07) is 25.3. The zero-order valence-electron chi connectivity index (χ0n) is 13.4. The van der Waals surface area contributed by atoms with Crippen LogP contribution in [0.25, 0.3) is 0 Å². The van der Waals surface area contributed by atoms with Crippen LogP contribution in [0, 0.1) is 0 Å². The minimum absolute atomic E-state index is 0.193. The maximum atomic E-state index is 12.2. The van der Waals surface area contributed by atoms with Crippen LogP contribution in [0.15, 0.2) is 100 Å². The quantitative estimate of drug-likeness (QED) is 0.430. The van der Waals surface area contributed by atoms with Crippen LogP contribution in [0.3, 0.4) is 0 Å². The monoisotopic (exact) mass is 328 g/mol. The van der Waals surface area contributed by atoms with E-state index >= 15 is 0 Å². The average Bonchev–Trinajstić information content (AvgIpc) is 2.68. The first kappa shape index (κ1) is 16.3. The molecule has 0 fully saturated rings. The molecule has 1 amide bonds. The van der Waals surface area contributed by atoms with Gasteiger partial charge in [0, 0.05) is 11.1 Å². The van der Waals surface area contributed by atoms with E-state index < -0.39 is 5.91 Å². The fourth-order valence-electron chi connectivity index (χ4n) is 2.13. The van der Waals surface area contributed by atoms with E-state index in [0.29, 0.717) is 16.8 Å². The first-order valence-corrected chi connectivity index (χ1v) is 7.73. The van der Waals surface area contributed by atoms with Gasteiger partial charge in [-0.15, -0.1) is 0 Å². The lowest BCUT2D eigenvalue weighted by Crippen LogP contribution is -2.15. The number of carbonyl (C=O) groups excluding carboxylic acids is 1. The molecule has 0 aromatic heterocycles. The highest BCUT2D eigenvalue weighted by Gasteiger charge is 2.06. The van der Waals surface area contributed by atoms with Crippen molar-refractivity contribution in [3.63, 3.8) is 0 Å². The van der Waals surface area contributed by atoms with Gasteiger partial charge in [0.05, 0.1) is 11.4 Å². The zero-order valence-corrected chi connectivity index (χ0v) is 13.4. The van der Waals surface area contributed by atoms with Crippen molar-refractivity contribution in [3.05, 3.63) is 96.1 Å². The van der Waals surface area contributed by atoms with Crippen LogP contribution in [0.4, 0.5) is 11.4 Å². The van der Waals surface area contributed by atoms with Crippen molar-refractivity contribution in [2.75, 3.05) is 0 Å². The SMILES string of the molecule is NC(=NC(=O)c1ccc(N=Nc2ccccc2)cc1)c1ccccc1. The topological polar surface area (TPSA) is 80.2 Å². The molecule has 3 aromatic rings. The Morgan fingerprint density at radius 2 is 1.16 bits per heavy atom. The minimum Gasteiger partial charge on any atom is -0.383 e. The molecular formula is C20H16N4O. The summed E-state index contributed by atoms with van der Waals surface area (Å²) in [6.07, 6.45) is 0. The third-order valence-corrected chi connectivity index (χ3v) is 3.44. The molecule has 3 rings (SSSR count). The zero-order chi connectivity index (χ0) is 17.5. The van der Waals surface area contributed by atoms with Gasteiger partial charge >= 0.3 is 0 Å². The minimum atomic E-state index is -0.395. The largest absolute Gasteiger partial charge is 0.383 e. The van der Waals surface area contributed by atoms with Gasteiger partial charge in [-0.3, -0.25) is 4.79 Å². The van der Waals surface area contributed by atoms with Gasteiger partial charge in [-0.05, 0) is 36.4 Å². The smallest absolute Gasteiger partial charge is 0.278 e.